The van der Waals surface area contributed by atoms with Gasteiger partial charge in [-0.25, -0.2) is 4.79 Å². The molecule has 1 heterocycles. The summed E-state index contributed by atoms with van der Waals surface area (Å²) in [4.78, 5) is 34.5. The lowest BCUT2D eigenvalue weighted by Crippen LogP contribution is -2.59. The molecule has 3 N–H and O–H groups in total. The molecule has 1 aliphatic carbocycles. The summed E-state index contributed by atoms with van der Waals surface area (Å²) in [5, 5.41) is 12.5. The van der Waals surface area contributed by atoms with Gasteiger partial charge in [0.05, 0.1) is 7.11 Å². The van der Waals surface area contributed by atoms with E-state index < -0.39 is 12.1 Å². The fraction of sp³-hybridized carbons (Fsp3) is 0.833. The number of likely N-dealkylation sites (tertiary alicyclic amines) is 1. The van der Waals surface area contributed by atoms with E-state index in [2.05, 4.69) is 20.3 Å². The molecule has 26 heavy (non-hydrogen) atoms. The molecule has 150 valence electrons. The monoisotopic (exact) mass is 371 g/mol. The van der Waals surface area contributed by atoms with Gasteiger partial charge in [0.15, 0.2) is 0 Å². The standard InChI is InChI=1S/C17H31N3O3.CH2O2/c1-14(19-16(22)23-2)15(21)18-13-17(9-5-3-6-10-17)20-11-7-4-8-12-20;2-1-3/h14H,3-13H2,1-2H3,(H,18,21)(H,19,22);1H,(H,2,3). The van der Waals surface area contributed by atoms with E-state index in [9.17, 15) is 9.59 Å². The van der Waals surface area contributed by atoms with Crippen LogP contribution in [0.25, 0.3) is 0 Å². The van der Waals surface area contributed by atoms with Gasteiger partial charge in [0.1, 0.15) is 6.04 Å². The number of carbonyl (C=O) groups is 3. The smallest absolute Gasteiger partial charge is 0.407 e. The van der Waals surface area contributed by atoms with Gasteiger partial charge in [-0.2, -0.15) is 0 Å². The van der Waals surface area contributed by atoms with Gasteiger partial charge in [0.25, 0.3) is 6.47 Å². The highest BCUT2D eigenvalue weighted by molar-refractivity contribution is 5.85. The third-order valence-electron chi connectivity index (χ3n) is 5.32. The molecule has 1 aliphatic heterocycles. The van der Waals surface area contributed by atoms with Crippen LogP contribution < -0.4 is 10.6 Å². The molecule has 2 rings (SSSR count). The van der Waals surface area contributed by atoms with Crippen LogP contribution in [0.3, 0.4) is 0 Å². The van der Waals surface area contributed by atoms with Crippen molar-refractivity contribution in [1.29, 1.82) is 0 Å². The van der Waals surface area contributed by atoms with Crippen LogP contribution in [0.15, 0.2) is 0 Å². The molecular formula is C18H33N3O5. The number of methoxy groups -OCH3 is 1. The Morgan fingerprint density at radius 2 is 1.69 bits per heavy atom. The second-order valence-electron chi connectivity index (χ2n) is 7.01. The van der Waals surface area contributed by atoms with Crippen LogP contribution in [0.2, 0.25) is 0 Å². The maximum absolute atomic E-state index is 12.3. The predicted molar refractivity (Wildman–Crippen MR) is 97.9 cm³/mol. The fourth-order valence-corrected chi connectivity index (χ4v) is 3.89. The first kappa shape index (κ1) is 22.2. The zero-order valence-corrected chi connectivity index (χ0v) is 16.0. The van der Waals surface area contributed by atoms with Crippen LogP contribution in [0.5, 0.6) is 0 Å². The number of nitrogens with one attached hydrogen (secondary N) is 2. The number of hydrogen-bond acceptors (Lipinski definition) is 5. The Balaban J connectivity index is 0.00000105. The average molecular weight is 371 g/mol. The van der Waals surface area contributed by atoms with Crippen molar-refractivity contribution >= 4 is 18.5 Å². The minimum atomic E-state index is -0.579. The van der Waals surface area contributed by atoms with Crippen molar-refractivity contribution in [3.05, 3.63) is 0 Å². The van der Waals surface area contributed by atoms with E-state index in [1.807, 2.05) is 0 Å². The highest BCUT2D eigenvalue weighted by Crippen LogP contribution is 2.35. The third kappa shape index (κ3) is 6.82. The van der Waals surface area contributed by atoms with E-state index in [0.717, 1.165) is 25.9 Å². The molecule has 1 atom stereocenters. The first-order chi connectivity index (χ1) is 12.5. The zero-order valence-electron chi connectivity index (χ0n) is 16.0. The van der Waals surface area contributed by atoms with E-state index in [-0.39, 0.29) is 17.9 Å². The summed E-state index contributed by atoms with van der Waals surface area (Å²) in [6.07, 6.45) is 9.36. The molecule has 1 saturated heterocycles. The molecular weight excluding hydrogens is 338 g/mol. The number of nitrogens with zero attached hydrogens (tertiary/aromatic N) is 1. The molecule has 2 fully saturated rings. The first-order valence-corrected chi connectivity index (χ1v) is 9.44. The van der Waals surface area contributed by atoms with Gasteiger partial charge in [-0.1, -0.05) is 25.7 Å². The molecule has 0 spiro atoms. The Kier molecular flexibility index (Phi) is 10.0. The van der Waals surface area contributed by atoms with Crippen molar-refractivity contribution in [3.63, 3.8) is 0 Å². The molecule has 1 saturated carbocycles. The van der Waals surface area contributed by atoms with Crippen molar-refractivity contribution in [2.24, 2.45) is 0 Å². The summed E-state index contributed by atoms with van der Waals surface area (Å²) < 4.78 is 4.54. The number of piperidine rings is 1. The van der Waals surface area contributed by atoms with Gasteiger partial charge < -0.3 is 20.5 Å². The maximum atomic E-state index is 12.3. The number of carboxylic acid groups (broad SMARTS) is 1. The van der Waals surface area contributed by atoms with E-state index in [4.69, 9.17) is 9.90 Å². The van der Waals surface area contributed by atoms with Crippen LogP contribution in [0.1, 0.15) is 58.3 Å². The van der Waals surface area contributed by atoms with Gasteiger partial charge in [0.2, 0.25) is 5.91 Å². The zero-order chi connectivity index (χ0) is 19.4. The maximum Gasteiger partial charge on any atom is 0.407 e. The molecule has 0 aromatic rings. The highest BCUT2D eigenvalue weighted by Gasteiger charge is 2.38. The van der Waals surface area contributed by atoms with E-state index in [1.54, 1.807) is 6.92 Å². The van der Waals surface area contributed by atoms with E-state index >= 15 is 0 Å². The number of carbonyl (C=O) groups excluding carboxylic acids is 2. The number of ether oxygens (including phenoxy) is 1. The fourth-order valence-electron chi connectivity index (χ4n) is 3.89. The molecule has 0 bridgehead atoms. The molecule has 0 radical (unpaired) electrons. The summed E-state index contributed by atoms with van der Waals surface area (Å²) >= 11 is 0. The van der Waals surface area contributed by atoms with Crippen LogP contribution in [-0.4, -0.2) is 66.8 Å². The molecule has 0 aromatic carbocycles. The third-order valence-corrected chi connectivity index (χ3v) is 5.32. The Morgan fingerprint density at radius 3 is 2.23 bits per heavy atom. The molecule has 2 aliphatic rings. The summed E-state index contributed by atoms with van der Waals surface area (Å²) in [6, 6.07) is -0.579. The largest absolute Gasteiger partial charge is 0.483 e. The van der Waals surface area contributed by atoms with Crippen LogP contribution >= 0.6 is 0 Å². The van der Waals surface area contributed by atoms with Crippen LogP contribution in [-0.2, 0) is 14.3 Å². The predicted octanol–water partition coefficient (Wildman–Crippen LogP) is 1.74. The van der Waals surface area contributed by atoms with Gasteiger partial charge in [-0.05, 0) is 45.7 Å². The van der Waals surface area contributed by atoms with E-state index in [1.165, 1.54) is 45.6 Å². The first-order valence-electron chi connectivity index (χ1n) is 9.44. The Labute approximate surface area is 155 Å². The number of hydrogen-bond donors (Lipinski definition) is 3. The molecule has 8 nitrogen and oxygen atoms in total. The number of amides is 2. The lowest BCUT2D eigenvalue weighted by Gasteiger charge is -2.48. The van der Waals surface area contributed by atoms with Crippen molar-refractivity contribution < 1.29 is 24.2 Å². The summed E-state index contributed by atoms with van der Waals surface area (Å²) in [7, 11) is 1.30. The Morgan fingerprint density at radius 1 is 1.15 bits per heavy atom. The normalized spacial score (nSPS) is 20.7. The summed E-state index contributed by atoms with van der Waals surface area (Å²) in [5.74, 6) is -0.141. The van der Waals surface area contributed by atoms with Crippen LogP contribution in [0, 0.1) is 0 Å². The van der Waals surface area contributed by atoms with Crippen molar-refractivity contribution in [2.45, 2.75) is 69.9 Å². The minimum absolute atomic E-state index is 0.110. The molecule has 2 amide bonds. The average Bonchev–Trinajstić information content (AvgIpc) is 2.68. The topological polar surface area (TPSA) is 108 Å². The minimum Gasteiger partial charge on any atom is -0.483 e. The SMILES string of the molecule is COC(=O)NC(C)C(=O)NCC1(N2CCCCC2)CCCCC1.O=CO. The lowest BCUT2D eigenvalue weighted by molar-refractivity contribution is -0.124. The van der Waals surface area contributed by atoms with Crippen molar-refractivity contribution in [1.82, 2.24) is 15.5 Å². The highest BCUT2D eigenvalue weighted by atomic mass is 16.5. The van der Waals surface area contributed by atoms with Crippen LogP contribution in [0.4, 0.5) is 4.79 Å². The second kappa shape index (κ2) is 11.7. The Bertz CT molecular complexity index is 446. The van der Waals surface area contributed by atoms with Crippen molar-refractivity contribution in [3.8, 4) is 0 Å². The number of alkyl carbamates (subject to hydrolysis) is 1. The molecule has 0 aromatic heterocycles. The Hall–Kier alpha value is -1.83. The second-order valence-corrected chi connectivity index (χ2v) is 7.01. The summed E-state index contributed by atoms with van der Waals surface area (Å²) in [5.41, 5.74) is 0.110. The van der Waals surface area contributed by atoms with E-state index in [0.29, 0.717) is 6.54 Å². The summed E-state index contributed by atoms with van der Waals surface area (Å²) in [6.45, 7) is 4.40. The van der Waals surface area contributed by atoms with Gasteiger partial charge >= 0.3 is 6.09 Å². The van der Waals surface area contributed by atoms with Crippen molar-refractivity contribution in [2.75, 3.05) is 26.7 Å². The quantitative estimate of drug-likeness (QED) is 0.635. The number of rotatable bonds is 5. The van der Waals surface area contributed by atoms with Gasteiger partial charge in [-0.3, -0.25) is 14.5 Å². The molecule has 1 unspecified atom stereocenters. The molecule has 8 heteroatoms. The lowest BCUT2D eigenvalue weighted by atomic mass is 9.79. The van der Waals surface area contributed by atoms with Gasteiger partial charge in [0, 0.05) is 12.1 Å². The van der Waals surface area contributed by atoms with Gasteiger partial charge in [-0.15, -0.1) is 0 Å².